The predicted molar refractivity (Wildman–Crippen MR) is 94.1 cm³/mol. The first-order chi connectivity index (χ1) is 11.2. The van der Waals surface area contributed by atoms with E-state index in [9.17, 15) is 4.79 Å². The van der Waals surface area contributed by atoms with Crippen LogP contribution >= 0.6 is 11.3 Å². The van der Waals surface area contributed by atoms with Crippen LogP contribution in [0, 0.1) is 6.92 Å². The number of thiophene rings is 1. The number of hydrogen-bond acceptors (Lipinski definition) is 4. The minimum atomic E-state index is 0.0218. The Morgan fingerprint density at radius 3 is 2.74 bits per heavy atom. The first-order valence-electron chi connectivity index (χ1n) is 7.98. The highest BCUT2D eigenvalue weighted by molar-refractivity contribution is 7.17. The number of nitrogens with zero attached hydrogens (tertiary/aromatic N) is 1. The van der Waals surface area contributed by atoms with Gasteiger partial charge >= 0.3 is 0 Å². The Bertz CT molecular complexity index is 648. The number of hydrogen-bond donors (Lipinski definition) is 1. The highest BCUT2D eigenvalue weighted by Crippen LogP contribution is 2.32. The molecular formula is C18H22N2O2S. The molecule has 23 heavy (non-hydrogen) atoms. The van der Waals surface area contributed by atoms with E-state index in [-0.39, 0.29) is 5.91 Å². The van der Waals surface area contributed by atoms with Crippen molar-refractivity contribution in [2.75, 3.05) is 39.4 Å². The number of nitrogens with one attached hydrogen (secondary N) is 1. The molecule has 1 aliphatic heterocycles. The van der Waals surface area contributed by atoms with Gasteiger partial charge in [-0.25, -0.2) is 0 Å². The number of benzene rings is 1. The van der Waals surface area contributed by atoms with Gasteiger partial charge in [0.25, 0.3) is 5.91 Å². The second-order valence-corrected chi connectivity index (χ2v) is 6.75. The molecule has 122 valence electrons. The summed E-state index contributed by atoms with van der Waals surface area (Å²) in [5.74, 6) is 0.0218. The van der Waals surface area contributed by atoms with Crippen molar-refractivity contribution in [2.24, 2.45) is 0 Å². The molecule has 0 atom stereocenters. The summed E-state index contributed by atoms with van der Waals surface area (Å²) in [7, 11) is 0. The molecule has 0 saturated carbocycles. The molecule has 4 nitrogen and oxygen atoms in total. The van der Waals surface area contributed by atoms with Gasteiger partial charge in [0.05, 0.1) is 18.1 Å². The molecule has 0 radical (unpaired) electrons. The van der Waals surface area contributed by atoms with Crippen molar-refractivity contribution < 1.29 is 9.53 Å². The third-order valence-corrected chi connectivity index (χ3v) is 5.28. The van der Waals surface area contributed by atoms with Gasteiger partial charge in [0.15, 0.2) is 0 Å². The molecule has 1 aromatic heterocycles. The van der Waals surface area contributed by atoms with Crippen molar-refractivity contribution in [3.63, 3.8) is 0 Å². The molecule has 1 fully saturated rings. The van der Waals surface area contributed by atoms with Crippen LogP contribution in [0.5, 0.6) is 0 Å². The highest BCUT2D eigenvalue weighted by Gasteiger charge is 2.14. The van der Waals surface area contributed by atoms with Crippen LogP contribution in [0.1, 0.15) is 15.2 Å². The van der Waals surface area contributed by atoms with Gasteiger partial charge in [0.1, 0.15) is 0 Å². The van der Waals surface area contributed by atoms with E-state index in [1.54, 1.807) is 11.3 Å². The molecule has 1 aliphatic rings. The predicted octanol–water partition coefficient (Wildman–Crippen LogP) is 2.79. The minimum absolute atomic E-state index is 0.0218. The fraction of sp³-hybridized carbons (Fsp3) is 0.389. The third kappa shape index (κ3) is 4.19. The van der Waals surface area contributed by atoms with Gasteiger partial charge in [-0.05, 0) is 24.1 Å². The summed E-state index contributed by atoms with van der Waals surface area (Å²) >= 11 is 1.56. The van der Waals surface area contributed by atoms with E-state index < -0.39 is 0 Å². The lowest BCUT2D eigenvalue weighted by molar-refractivity contribution is 0.0383. The summed E-state index contributed by atoms with van der Waals surface area (Å²) in [6.07, 6.45) is 0. The van der Waals surface area contributed by atoms with Crippen LogP contribution in [0.15, 0.2) is 36.4 Å². The molecule has 0 spiro atoms. The summed E-state index contributed by atoms with van der Waals surface area (Å²) in [5, 5.41) is 3.03. The average Bonchev–Trinajstić information content (AvgIpc) is 2.98. The Kier molecular flexibility index (Phi) is 5.43. The maximum atomic E-state index is 12.3. The zero-order valence-corrected chi connectivity index (χ0v) is 14.2. The Labute approximate surface area is 141 Å². The smallest absolute Gasteiger partial charge is 0.261 e. The van der Waals surface area contributed by atoms with Crippen LogP contribution in [-0.4, -0.2) is 50.2 Å². The molecule has 2 aromatic rings. The lowest BCUT2D eigenvalue weighted by Crippen LogP contribution is -2.41. The van der Waals surface area contributed by atoms with E-state index in [0.29, 0.717) is 6.54 Å². The van der Waals surface area contributed by atoms with Crippen LogP contribution in [0.4, 0.5) is 0 Å². The number of rotatable bonds is 5. The number of carbonyl (C=O) groups excluding carboxylic acids is 1. The van der Waals surface area contributed by atoms with Crippen molar-refractivity contribution in [3.05, 3.63) is 46.8 Å². The van der Waals surface area contributed by atoms with Crippen LogP contribution in [0.2, 0.25) is 0 Å². The monoisotopic (exact) mass is 330 g/mol. The van der Waals surface area contributed by atoms with Crippen molar-refractivity contribution in [3.8, 4) is 10.4 Å². The van der Waals surface area contributed by atoms with Gasteiger partial charge in [-0.1, -0.05) is 30.3 Å². The highest BCUT2D eigenvalue weighted by atomic mass is 32.1. The summed E-state index contributed by atoms with van der Waals surface area (Å²) in [5.41, 5.74) is 2.32. The van der Waals surface area contributed by atoms with E-state index in [1.165, 1.54) is 10.4 Å². The standard InChI is InChI=1S/C18H22N2O2S/c1-14-13-16(23-17(14)15-5-3-2-4-6-15)18(21)19-7-8-20-9-11-22-12-10-20/h2-6,13H,7-12H2,1H3,(H,19,21). The Morgan fingerprint density at radius 1 is 1.26 bits per heavy atom. The lowest BCUT2D eigenvalue weighted by Gasteiger charge is -2.26. The maximum absolute atomic E-state index is 12.3. The quantitative estimate of drug-likeness (QED) is 0.916. The fourth-order valence-corrected chi connectivity index (χ4v) is 3.80. The third-order valence-electron chi connectivity index (χ3n) is 3.99. The van der Waals surface area contributed by atoms with E-state index in [4.69, 9.17) is 4.74 Å². The molecule has 1 saturated heterocycles. The molecule has 0 bridgehead atoms. The van der Waals surface area contributed by atoms with Crippen molar-refractivity contribution >= 4 is 17.2 Å². The number of aryl methyl sites for hydroxylation is 1. The number of carbonyl (C=O) groups is 1. The summed E-state index contributed by atoms with van der Waals surface area (Å²) in [6.45, 7) is 7.10. The molecule has 2 heterocycles. The van der Waals surface area contributed by atoms with E-state index >= 15 is 0 Å². The molecule has 3 rings (SSSR count). The molecule has 1 N–H and O–H groups in total. The van der Waals surface area contributed by atoms with Crippen molar-refractivity contribution in [1.82, 2.24) is 10.2 Å². The second-order valence-electron chi connectivity index (χ2n) is 5.70. The molecular weight excluding hydrogens is 308 g/mol. The number of amides is 1. The molecule has 0 aliphatic carbocycles. The van der Waals surface area contributed by atoms with E-state index in [0.717, 1.165) is 43.3 Å². The van der Waals surface area contributed by atoms with Gasteiger partial charge in [0.2, 0.25) is 0 Å². The van der Waals surface area contributed by atoms with Crippen LogP contribution in [0.3, 0.4) is 0 Å². The fourth-order valence-electron chi connectivity index (χ4n) is 2.71. The molecule has 0 unspecified atom stereocenters. The Hall–Kier alpha value is -1.69. The van der Waals surface area contributed by atoms with Gasteiger partial charge in [-0.3, -0.25) is 9.69 Å². The number of ether oxygens (including phenoxy) is 1. The van der Waals surface area contributed by atoms with Gasteiger partial charge in [-0.2, -0.15) is 0 Å². The van der Waals surface area contributed by atoms with E-state index in [2.05, 4.69) is 29.3 Å². The van der Waals surface area contributed by atoms with E-state index in [1.807, 2.05) is 24.3 Å². The second kappa shape index (κ2) is 7.73. The lowest BCUT2D eigenvalue weighted by atomic mass is 10.1. The molecule has 1 amide bonds. The van der Waals surface area contributed by atoms with Crippen molar-refractivity contribution in [2.45, 2.75) is 6.92 Å². The van der Waals surface area contributed by atoms with Gasteiger partial charge in [0, 0.05) is 31.1 Å². The number of morpholine rings is 1. The topological polar surface area (TPSA) is 41.6 Å². The SMILES string of the molecule is Cc1cc(C(=O)NCCN2CCOCC2)sc1-c1ccccc1. The first kappa shape index (κ1) is 16.2. The Balaban J connectivity index is 1.57. The first-order valence-corrected chi connectivity index (χ1v) is 8.80. The molecule has 1 aromatic carbocycles. The zero-order valence-electron chi connectivity index (χ0n) is 13.4. The summed E-state index contributed by atoms with van der Waals surface area (Å²) in [6, 6.07) is 12.2. The molecule has 5 heteroatoms. The Morgan fingerprint density at radius 2 is 2.00 bits per heavy atom. The minimum Gasteiger partial charge on any atom is -0.379 e. The van der Waals surface area contributed by atoms with Crippen LogP contribution in [0.25, 0.3) is 10.4 Å². The normalized spacial score (nSPS) is 15.5. The van der Waals surface area contributed by atoms with Gasteiger partial charge < -0.3 is 10.1 Å². The maximum Gasteiger partial charge on any atom is 0.261 e. The summed E-state index contributed by atoms with van der Waals surface area (Å²) in [4.78, 5) is 16.6. The zero-order chi connectivity index (χ0) is 16.1. The van der Waals surface area contributed by atoms with Crippen LogP contribution in [-0.2, 0) is 4.74 Å². The summed E-state index contributed by atoms with van der Waals surface area (Å²) < 4.78 is 5.33. The van der Waals surface area contributed by atoms with Crippen LogP contribution < -0.4 is 5.32 Å². The largest absolute Gasteiger partial charge is 0.379 e. The van der Waals surface area contributed by atoms with Gasteiger partial charge in [-0.15, -0.1) is 11.3 Å². The average molecular weight is 330 g/mol. The van der Waals surface area contributed by atoms with Crippen molar-refractivity contribution in [1.29, 1.82) is 0 Å².